The molecule has 0 aliphatic carbocycles. The summed E-state index contributed by atoms with van der Waals surface area (Å²) in [6.45, 7) is 0.638. The lowest BCUT2D eigenvalue weighted by Crippen LogP contribution is -2.36. The molecule has 0 N–H and O–H groups in total. The van der Waals surface area contributed by atoms with Gasteiger partial charge in [0.25, 0.3) is 10.0 Å². The van der Waals surface area contributed by atoms with Gasteiger partial charge in [-0.25, -0.2) is 12.7 Å². The summed E-state index contributed by atoms with van der Waals surface area (Å²) in [5.41, 5.74) is 0.629. The Hall–Kier alpha value is -1.83. The molecule has 0 saturated carbocycles. The second-order valence-electron chi connectivity index (χ2n) is 6.09. The average Bonchev–Trinajstić information content (AvgIpc) is 2.69. The monoisotopic (exact) mass is 460 g/mol. The second-order valence-corrected chi connectivity index (χ2v) is 9.85. The topological polar surface area (TPSA) is 49.7 Å². The smallest absolute Gasteiger partial charge is 0.261 e. The van der Waals surface area contributed by atoms with Gasteiger partial charge in [0.05, 0.1) is 10.6 Å². The average molecular weight is 461 g/mol. The SMILES string of the molecule is O=S(=O)(c1ccc(Br)cc1)N(C1=NCCCS1)c1cccc2ccccc12. The second kappa shape index (κ2) is 7.66. The Labute approximate surface area is 171 Å². The molecule has 0 amide bonds. The summed E-state index contributed by atoms with van der Waals surface area (Å²) in [5, 5.41) is 2.41. The van der Waals surface area contributed by atoms with Crippen molar-refractivity contribution in [1.82, 2.24) is 0 Å². The minimum Gasteiger partial charge on any atom is -0.261 e. The van der Waals surface area contributed by atoms with E-state index in [-0.39, 0.29) is 4.90 Å². The van der Waals surface area contributed by atoms with Gasteiger partial charge >= 0.3 is 0 Å². The Morgan fingerprint density at radius 2 is 1.70 bits per heavy atom. The number of anilines is 1. The van der Waals surface area contributed by atoms with E-state index in [0.29, 0.717) is 17.4 Å². The van der Waals surface area contributed by atoms with Gasteiger partial charge in [0.15, 0.2) is 5.17 Å². The third kappa shape index (κ3) is 3.63. The van der Waals surface area contributed by atoms with Crippen molar-refractivity contribution in [3.63, 3.8) is 0 Å². The summed E-state index contributed by atoms with van der Waals surface area (Å²) in [4.78, 5) is 4.78. The zero-order valence-corrected chi connectivity index (χ0v) is 17.6. The highest BCUT2D eigenvalue weighted by molar-refractivity contribution is 9.10. The molecule has 138 valence electrons. The van der Waals surface area contributed by atoms with E-state index in [9.17, 15) is 8.42 Å². The number of benzene rings is 3. The van der Waals surface area contributed by atoms with Crippen LogP contribution in [-0.4, -0.2) is 25.9 Å². The maximum Gasteiger partial charge on any atom is 0.270 e. The molecule has 0 saturated heterocycles. The van der Waals surface area contributed by atoms with Gasteiger partial charge in [0, 0.05) is 22.2 Å². The number of aliphatic imine (C=N–C) groups is 1. The van der Waals surface area contributed by atoms with E-state index in [4.69, 9.17) is 0 Å². The lowest BCUT2D eigenvalue weighted by molar-refractivity contribution is 0.597. The summed E-state index contributed by atoms with van der Waals surface area (Å²) in [7, 11) is -3.80. The van der Waals surface area contributed by atoms with Crippen LogP contribution in [0.25, 0.3) is 10.8 Å². The summed E-state index contributed by atoms with van der Waals surface area (Å²) in [5.74, 6) is 0.857. The van der Waals surface area contributed by atoms with Gasteiger partial charge in [-0.2, -0.15) is 0 Å². The lowest BCUT2D eigenvalue weighted by Gasteiger charge is -2.28. The number of sulfonamides is 1. The van der Waals surface area contributed by atoms with E-state index in [1.54, 1.807) is 24.3 Å². The van der Waals surface area contributed by atoms with E-state index < -0.39 is 10.0 Å². The molecule has 7 heteroatoms. The highest BCUT2D eigenvalue weighted by Crippen LogP contribution is 2.34. The first-order chi connectivity index (χ1) is 13.1. The van der Waals surface area contributed by atoms with Gasteiger partial charge in [0.2, 0.25) is 0 Å². The molecular weight excluding hydrogens is 444 g/mol. The fourth-order valence-electron chi connectivity index (χ4n) is 3.00. The fourth-order valence-corrected chi connectivity index (χ4v) is 5.95. The van der Waals surface area contributed by atoms with Crippen LogP contribution in [0.3, 0.4) is 0 Å². The molecule has 1 aliphatic heterocycles. The van der Waals surface area contributed by atoms with Crippen LogP contribution in [0.15, 0.2) is 81.1 Å². The van der Waals surface area contributed by atoms with Crippen LogP contribution in [0.5, 0.6) is 0 Å². The van der Waals surface area contributed by atoms with Crippen LogP contribution >= 0.6 is 27.7 Å². The highest BCUT2D eigenvalue weighted by Gasteiger charge is 2.31. The molecule has 4 rings (SSSR count). The molecule has 0 fully saturated rings. The van der Waals surface area contributed by atoms with Gasteiger partial charge in [0.1, 0.15) is 0 Å². The van der Waals surface area contributed by atoms with Crippen LogP contribution in [-0.2, 0) is 10.0 Å². The molecule has 0 unspecified atom stereocenters. The summed E-state index contributed by atoms with van der Waals surface area (Å²) < 4.78 is 29.4. The number of hydrogen-bond donors (Lipinski definition) is 0. The predicted octanol–water partition coefficient (Wildman–Crippen LogP) is 5.29. The number of hydrogen-bond acceptors (Lipinski definition) is 4. The Kier molecular flexibility index (Phi) is 5.25. The zero-order chi connectivity index (χ0) is 18.9. The maximum atomic E-state index is 13.6. The molecule has 1 heterocycles. The molecular formula is C20H17BrN2O2S2. The Bertz CT molecular complexity index is 1110. The first-order valence-corrected chi connectivity index (χ1v) is 11.8. The van der Waals surface area contributed by atoms with Crippen LogP contribution in [0.2, 0.25) is 0 Å². The maximum absolute atomic E-state index is 13.6. The number of amidine groups is 1. The first-order valence-electron chi connectivity index (χ1n) is 8.53. The lowest BCUT2D eigenvalue weighted by atomic mass is 10.1. The van der Waals surface area contributed by atoms with E-state index in [1.807, 2.05) is 42.5 Å². The van der Waals surface area contributed by atoms with Gasteiger partial charge < -0.3 is 0 Å². The molecule has 4 nitrogen and oxygen atoms in total. The molecule has 0 spiro atoms. The Morgan fingerprint density at radius 1 is 0.963 bits per heavy atom. The van der Waals surface area contributed by atoms with Gasteiger partial charge in [-0.1, -0.05) is 64.1 Å². The zero-order valence-electron chi connectivity index (χ0n) is 14.4. The van der Waals surface area contributed by atoms with Crippen molar-refractivity contribution in [3.8, 4) is 0 Å². The largest absolute Gasteiger partial charge is 0.270 e. The van der Waals surface area contributed by atoms with E-state index in [2.05, 4.69) is 20.9 Å². The van der Waals surface area contributed by atoms with Crippen molar-refractivity contribution >= 4 is 59.3 Å². The van der Waals surface area contributed by atoms with Crippen LogP contribution in [0.1, 0.15) is 6.42 Å². The number of halogens is 1. The molecule has 3 aromatic carbocycles. The van der Waals surface area contributed by atoms with Crippen molar-refractivity contribution in [2.24, 2.45) is 4.99 Å². The van der Waals surface area contributed by atoms with Crippen molar-refractivity contribution < 1.29 is 8.42 Å². The quantitative estimate of drug-likeness (QED) is 0.533. The first kappa shape index (κ1) is 18.5. The Morgan fingerprint density at radius 3 is 2.44 bits per heavy atom. The van der Waals surface area contributed by atoms with Gasteiger partial charge in [-0.05, 0) is 42.1 Å². The predicted molar refractivity (Wildman–Crippen MR) is 117 cm³/mol. The number of nitrogens with zero attached hydrogens (tertiary/aromatic N) is 2. The van der Waals surface area contributed by atoms with Crippen molar-refractivity contribution in [2.75, 3.05) is 16.6 Å². The minimum absolute atomic E-state index is 0.243. The molecule has 0 bridgehead atoms. The van der Waals surface area contributed by atoms with Crippen LogP contribution in [0, 0.1) is 0 Å². The van der Waals surface area contributed by atoms with E-state index >= 15 is 0 Å². The normalized spacial score (nSPS) is 14.8. The van der Waals surface area contributed by atoms with Crippen molar-refractivity contribution in [2.45, 2.75) is 11.3 Å². The Balaban J connectivity index is 1.95. The summed E-state index contributed by atoms with van der Waals surface area (Å²) in [6, 6.07) is 20.2. The standard InChI is InChI=1S/C20H17BrN2O2S2/c21-16-9-11-17(12-10-16)27(24,25)23(20-22-13-4-14-26-20)19-8-3-6-15-5-1-2-7-18(15)19/h1-3,5-12H,4,13-14H2. The third-order valence-corrected chi connectivity index (χ3v) is 7.72. The number of rotatable bonds is 3. The molecule has 27 heavy (non-hydrogen) atoms. The minimum atomic E-state index is -3.80. The van der Waals surface area contributed by atoms with E-state index in [0.717, 1.165) is 27.4 Å². The van der Waals surface area contributed by atoms with Gasteiger partial charge in [-0.3, -0.25) is 4.99 Å². The van der Waals surface area contributed by atoms with Gasteiger partial charge in [-0.15, -0.1) is 0 Å². The van der Waals surface area contributed by atoms with Crippen molar-refractivity contribution in [1.29, 1.82) is 0 Å². The third-order valence-electron chi connectivity index (χ3n) is 4.29. The summed E-state index contributed by atoms with van der Waals surface area (Å²) >= 11 is 4.85. The summed E-state index contributed by atoms with van der Waals surface area (Å²) in [6.07, 6.45) is 0.954. The fraction of sp³-hybridized carbons (Fsp3) is 0.150. The van der Waals surface area contributed by atoms with Crippen LogP contribution in [0.4, 0.5) is 5.69 Å². The van der Waals surface area contributed by atoms with E-state index in [1.165, 1.54) is 16.1 Å². The molecule has 1 aliphatic rings. The molecule has 0 aromatic heterocycles. The number of thioether (sulfide) groups is 1. The molecule has 3 aromatic rings. The van der Waals surface area contributed by atoms with Crippen molar-refractivity contribution in [3.05, 3.63) is 71.2 Å². The highest BCUT2D eigenvalue weighted by atomic mass is 79.9. The number of fused-ring (bicyclic) bond motifs is 1. The molecule has 0 radical (unpaired) electrons. The van der Waals surface area contributed by atoms with Crippen LogP contribution < -0.4 is 4.31 Å². The molecule has 0 atom stereocenters.